The lowest BCUT2D eigenvalue weighted by molar-refractivity contribution is 0.102. The smallest absolute Gasteiger partial charge is 0.257 e. The number of hydrogen-bond donors (Lipinski definition) is 3. The molecule has 104 valence electrons. The van der Waals surface area contributed by atoms with Crippen LogP contribution in [0.15, 0.2) is 36.4 Å². The van der Waals surface area contributed by atoms with E-state index in [-0.39, 0.29) is 16.9 Å². The minimum absolute atomic E-state index is 0.0356. The Bertz CT molecular complexity index is 659. The summed E-state index contributed by atoms with van der Waals surface area (Å²) in [5, 5.41) is 2.49. The predicted molar refractivity (Wildman–Crippen MR) is 73.3 cm³/mol. The number of nitrogen functional groups attached to an aromatic ring is 1. The number of anilines is 2. The fourth-order valence-corrected chi connectivity index (χ4v) is 1.73. The third-order valence-corrected chi connectivity index (χ3v) is 2.83. The van der Waals surface area contributed by atoms with Crippen LogP contribution in [0, 0.1) is 18.6 Å². The monoisotopic (exact) mass is 277 g/mol. The maximum atomic E-state index is 13.5. The van der Waals surface area contributed by atoms with E-state index in [0.29, 0.717) is 5.56 Å². The number of para-hydroxylation sites is 1. The average molecular weight is 277 g/mol. The number of halogens is 2. The van der Waals surface area contributed by atoms with E-state index in [1.54, 1.807) is 19.1 Å². The first-order valence-corrected chi connectivity index (χ1v) is 5.85. The number of nitrogens with one attached hydrogen (secondary N) is 2. The number of rotatable bonds is 3. The van der Waals surface area contributed by atoms with Gasteiger partial charge in [-0.3, -0.25) is 10.6 Å². The number of carbonyl (C=O) groups excluding carboxylic acids is 1. The largest absolute Gasteiger partial charge is 0.322 e. The predicted octanol–water partition coefficient (Wildman–Crippen LogP) is 2.81. The van der Waals surface area contributed by atoms with Crippen molar-refractivity contribution in [2.45, 2.75) is 6.92 Å². The van der Waals surface area contributed by atoms with Crippen LogP contribution in [0.25, 0.3) is 0 Å². The van der Waals surface area contributed by atoms with Crippen LogP contribution in [-0.4, -0.2) is 5.91 Å². The first-order chi connectivity index (χ1) is 9.52. The van der Waals surface area contributed by atoms with Crippen molar-refractivity contribution in [3.8, 4) is 0 Å². The second-order valence-electron chi connectivity index (χ2n) is 4.22. The molecular weight excluding hydrogens is 264 g/mol. The highest BCUT2D eigenvalue weighted by atomic mass is 19.1. The summed E-state index contributed by atoms with van der Waals surface area (Å²) in [6, 6.07) is 8.28. The Balaban J connectivity index is 2.28. The molecular formula is C14H13F2N3O. The zero-order valence-electron chi connectivity index (χ0n) is 10.7. The van der Waals surface area contributed by atoms with Crippen molar-refractivity contribution in [3.05, 3.63) is 59.2 Å². The van der Waals surface area contributed by atoms with Crippen LogP contribution < -0.4 is 16.6 Å². The molecule has 0 radical (unpaired) electrons. The Morgan fingerprint density at radius 1 is 1.15 bits per heavy atom. The Labute approximate surface area is 114 Å². The van der Waals surface area contributed by atoms with E-state index in [9.17, 15) is 13.6 Å². The molecule has 0 saturated heterocycles. The first-order valence-electron chi connectivity index (χ1n) is 5.85. The number of aryl methyl sites for hydroxylation is 1. The fourth-order valence-electron chi connectivity index (χ4n) is 1.73. The van der Waals surface area contributed by atoms with Crippen LogP contribution in [0.3, 0.4) is 0 Å². The van der Waals surface area contributed by atoms with Gasteiger partial charge in [-0.25, -0.2) is 8.78 Å². The molecule has 0 aliphatic rings. The van der Waals surface area contributed by atoms with Gasteiger partial charge >= 0.3 is 0 Å². The van der Waals surface area contributed by atoms with E-state index in [0.717, 1.165) is 0 Å². The fraction of sp³-hybridized carbons (Fsp3) is 0.0714. The molecule has 0 bridgehead atoms. The summed E-state index contributed by atoms with van der Waals surface area (Å²) in [5.74, 6) is 3.54. The molecule has 0 fully saturated rings. The number of benzene rings is 2. The summed E-state index contributed by atoms with van der Waals surface area (Å²) < 4.78 is 26.9. The van der Waals surface area contributed by atoms with Gasteiger partial charge < -0.3 is 10.7 Å². The quantitative estimate of drug-likeness (QED) is 0.597. The summed E-state index contributed by atoms with van der Waals surface area (Å²) in [5.41, 5.74) is 2.82. The van der Waals surface area contributed by atoms with Gasteiger partial charge in [0, 0.05) is 5.69 Å². The van der Waals surface area contributed by atoms with Gasteiger partial charge in [0.15, 0.2) is 0 Å². The van der Waals surface area contributed by atoms with Gasteiger partial charge in [0.2, 0.25) is 0 Å². The average Bonchev–Trinajstić information content (AvgIpc) is 2.42. The molecule has 2 rings (SSSR count). The number of amides is 1. The third-order valence-electron chi connectivity index (χ3n) is 2.83. The van der Waals surface area contributed by atoms with Crippen LogP contribution in [0.2, 0.25) is 0 Å². The summed E-state index contributed by atoms with van der Waals surface area (Å²) in [4.78, 5) is 12.0. The maximum Gasteiger partial charge on any atom is 0.257 e. The molecule has 0 saturated carbocycles. The maximum absolute atomic E-state index is 13.5. The van der Waals surface area contributed by atoms with Gasteiger partial charge in [0.1, 0.15) is 11.6 Å². The molecule has 0 aliphatic carbocycles. The molecule has 2 aromatic carbocycles. The standard InChI is InChI=1S/C14H13F2N3O/c1-8-5-6-9(7-12(8)16)18-14(20)10-3-2-4-11(15)13(10)19-17/h2-7,19H,17H2,1H3,(H,18,20). The Hall–Kier alpha value is -2.47. The molecule has 0 aromatic heterocycles. The highest BCUT2D eigenvalue weighted by Crippen LogP contribution is 2.21. The normalized spacial score (nSPS) is 10.2. The van der Waals surface area contributed by atoms with Gasteiger partial charge in [0.05, 0.1) is 11.3 Å². The highest BCUT2D eigenvalue weighted by Gasteiger charge is 2.14. The minimum Gasteiger partial charge on any atom is -0.322 e. The Kier molecular flexibility index (Phi) is 3.95. The van der Waals surface area contributed by atoms with Gasteiger partial charge in [-0.1, -0.05) is 12.1 Å². The Morgan fingerprint density at radius 2 is 1.90 bits per heavy atom. The molecule has 0 heterocycles. The number of hydrogen-bond acceptors (Lipinski definition) is 3. The Morgan fingerprint density at radius 3 is 2.55 bits per heavy atom. The van der Waals surface area contributed by atoms with Crippen molar-refractivity contribution in [2.24, 2.45) is 5.84 Å². The number of nitrogens with two attached hydrogens (primary N) is 1. The zero-order chi connectivity index (χ0) is 14.7. The molecule has 4 N–H and O–H groups in total. The zero-order valence-corrected chi connectivity index (χ0v) is 10.7. The molecule has 20 heavy (non-hydrogen) atoms. The first kappa shape index (κ1) is 14.0. The summed E-state index contributed by atoms with van der Waals surface area (Å²) in [6.07, 6.45) is 0. The van der Waals surface area contributed by atoms with Crippen molar-refractivity contribution in [2.75, 3.05) is 10.7 Å². The summed E-state index contributed by atoms with van der Waals surface area (Å²) >= 11 is 0. The molecule has 0 spiro atoms. The van der Waals surface area contributed by atoms with Crippen LogP contribution in [0.4, 0.5) is 20.2 Å². The van der Waals surface area contributed by atoms with Gasteiger partial charge in [-0.2, -0.15) is 0 Å². The second-order valence-corrected chi connectivity index (χ2v) is 4.22. The molecule has 6 heteroatoms. The molecule has 0 aliphatic heterocycles. The van der Waals surface area contributed by atoms with E-state index in [4.69, 9.17) is 5.84 Å². The van der Waals surface area contributed by atoms with Crippen molar-refractivity contribution < 1.29 is 13.6 Å². The van der Waals surface area contributed by atoms with Crippen LogP contribution in [0.1, 0.15) is 15.9 Å². The van der Waals surface area contributed by atoms with Gasteiger partial charge in [-0.15, -0.1) is 0 Å². The topological polar surface area (TPSA) is 67.2 Å². The second kappa shape index (κ2) is 5.66. The number of carbonyl (C=O) groups is 1. The highest BCUT2D eigenvalue weighted by molar-refractivity contribution is 6.08. The van der Waals surface area contributed by atoms with E-state index in [1.165, 1.54) is 24.3 Å². The van der Waals surface area contributed by atoms with Crippen molar-refractivity contribution in [3.63, 3.8) is 0 Å². The van der Waals surface area contributed by atoms with Crippen molar-refractivity contribution in [1.82, 2.24) is 0 Å². The van der Waals surface area contributed by atoms with E-state index < -0.39 is 17.5 Å². The number of hydrazine groups is 1. The minimum atomic E-state index is -0.643. The lowest BCUT2D eigenvalue weighted by Gasteiger charge is -2.10. The lowest BCUT2D eigenvalue weighted by Crippen LogP contribution is -2.18. The van der Waals surface area contributed by atoms with Crippen molar-refractivity contribution in [1.29, 1.82) is 0 Å². The molecule has 2 aromatic rings. The summed E-state index contributed by atoms with van der Waals surface area (Å²) in [6.45, 7) is 1.62. The van der Waals surface area contributed by atoms with Crippen LogP contribution >= 0.6 is 0 Å². The molecule has 0 atom stereocenters. The van der Waals surface area contributed by atoms with Gasteiger partial charge in [0.25, 0.3) is 5.91 Å². The van der Waals surface area contributed by atoms with Crippen molar-refractivity contribution >= 4 is 17.3 Å². The van der Waals surface area contributed by atoms with E-state index in [1.807, 2.05) is 0 Å². The van der Waals surface area contributed by atoms with E-state index >= 15 is 0 Å². The lowest BCUT2D eigenvalue weighted by atomic mass is 10.1. The summed E-state index contributed by atoms with van der Waals surface area (Å²) in [7, 11) is 0. The third kappa shape index (κ3) is 2.75. The van der Waals surface area contributed by atoms with Crippen LogP contribution in [-0.2, 0) is 0 Å². The van der Waals surface area contributed by atoms with E-state index in [2.05, 4.69) is 10.7 Å². The molecule has 1 amide bonds. The SMILES string of the molecule is Cc1ccc(NC(=O)c2cccc(F)c2NN)cc1F. The van der Waals surface area contributed by atoms with Crippen LogP contribution in [0.5, 0.6) is 0 Å². The van der Waals surface area contributed by atoms with Gasteiger partial charge in [-0.05, 0) is 36.8 Å². The molecule has 0 unspecified atom stereocenters. The molecule has 4 nitrogen and oxygen atoms in total.